The second kappa shape index (κ2) is 54.1. The fraction of sp³-hybridized carbons (Fsp3) is 0.409. The van der Waals surface area contributed by atoms with Gasteiger partial charge < -0.3 is 83.9 Å². The van der Waals surface area contributed by atoms with Crippen LogP contribution in [0.2, 0.25) is 0 Å². The molecule has 0 aliphatic carbocycles. The summed E-state index contributed by atoms with van der Waals surface area (Å²) in [5.74, 6) is 6.25. The van der Waals surface area contributed by atoms with Crippen molar-refractivity contribution in [1.82, 2.24) is 0 Å². The Morgan fingerprint density at radius 1 is 0.333 bits per heavy atom. The Bertz CT molecular complexity index is 3990. The van der Waals surface area contributed by atoms with E-state index in [9.17, 15) is 50.8 Å². The summed E-state index contributed by atoms with van der Waals surface area (Å²) in [5.41, 5.74) is 11.2. The van der Waals surface area contributed by atoms with Crippen LogP contribution in [0, 0.1) is 19.8 Å². The number of hydrogen-bond donors (Lipinski definition) is 9. The van der Waals surface area contributed by atoms with Gasteiger partial charge in [-0.15, -0.1) is 0 Å². The average Bonchev–Trinajstić information content (AvgIpc) is 0.821. The molecule has 9 aromatic rings. The predicted molar refractivity (Wildman–Crippen MR) is 453 cm³/mol. The Hall–Kier alpha value is -9.63. The zero-order valence-corrected chi connectivity index (χ0v) is 61.5. The largest absolute Gasteiger partial charge is 0.507 e. The number of carbonyl (C=O) groups excluding carboxylic acids is 1. The minimum absolute atomic E-state index is 0. The van der Waals surface area contributed by atoms with Gasteiger partial charge >= 0.3 is 5.97 Å². The van der Waals surface area contributed by atoms with Crippen LogP contribution in [-0.2, 0) is 80.3 Å². The summed E-state index contributed by atoms with van der Waals surface area (Å²) >= 11 is 0. The first-order valence-corrected chi connectivity index (χ1v) is 34.9. The van der Waals surface area contributed by atoms with Crippen LogP contribution in [0.15, 0.2) is 164 Å². The monoisotopic (exact) mass is 1540 g/mol. The number of ether oxygens (including phenoxy) is 8. The van der Waals surface area contributed by atoms with E-state index in [1.165, 1.54) is 22.8 Å². The van der Waals surface area contributed by atoms with E-state index >= 15 is 0 Å². The summed E-state index contributed by atoms with van der Waals surface area (Å²) in [5, 5.41) is 86.3. The zero-order valence-electron chi connectivity index (χ0n) is 61.5. The molecule has 0 heterocycles. The van der Waals surface area contributed by atoms with Crippen molar-refractivity contribution in [2.45, 2.75) is 238 Å². The first-order chi connectivity index (χ1) is 49.6. The number of aliphatic hydroxyl groups is 5. The summed E-state index contributed by atoms with van der Waals surface area (Å²) in [6.07, 6.45) is 4.02. The summed E-state index contributed by atoms with van der Waals surface area (Å²) in [7, 11) is 3.37. The second-order valence-corrected chi connectivity index (χ2v) is 25.5. The highest BCUT2D eigenvalue weighted by molar-refractivity contribution is 5.74. The molecule has 616 valence electrons. The topological polar surface area (TPSA) is 273 Å². The molecule has 0 fully saturated rings. The number of aromatic hydroxyl groups is 4. The average molecular weight is 1540 g/mol. The van der Waals surface area contributed by atoms with E-state index in [-0.39, 0.29) is 138 Å². The third kappa shape index (κ3) is 31.6. The number of phenols is 4. The van der Waals surface area contributed by atoms with Crippen molar-refractivity contribution in [2.75, 3.05) is 14.2 Å². The molecule has 0 saturated heterocycles. The van der Waals surface area contributed by atoms with Gasteiger partial charge in [-0.2, -0.15) is 0 Å². The van der Waals surface area contributed by atoms with Crippen molar-refractivity contribution in [3.8, 4) is 69.0 Å². The van der Waals surface area contributed by atoms with E-state index in [1.807, 2.05) is 99.6 Å². The number of methoxy groups -OCH3 is 2. The van der Waals surface area contributed by atoms with Crippen LogP contribution >= 0.6 is 0 Å². The lowest BCUT2D eigenvalue weighted by Crippen LogP contribution is -2.16. The smallest absolute Gasteiger partial charge is 0.314 e. The molecule has 9 aromatic carbocycles. The molecule has 4 atom stereocenters. The fourth-order valence-electron chi connectivity index (χ4n) is 10.8. The first kappa shape index (κ1) is 106. The van der Waals surface area contributed by atoms with Gasteiger partial charge in [0.2, 0.25) is 0 Å². The van der Waals surface area contributed by atoms with E-state index < -0.39 is 13.2 Å². The molecule has 9 N–H and O–H groups in total. The summed E-state index contributed by atoms with van der Waals surface area (Å²) < 4.78 is 45.4. The van der Waals surface area contributed by atoms with Crippen LogP contribution in [0.5, 0.6) is 69.0 Å². The zero-order chi connectivity index (χ0) is 75.1. The third-order valence-corrected chi connectivity index (χ3v) is 17.8. The third-order valence-electron chi connectivity index (χ3n) is 17.8. The molecule has 0 aromatic heterocycles. The van der Waals surface area contributed by atoms with Gasteiger partial charge in [-0.25, -0.2) is 0 Å². The standard InChI is InChI=1S/C27H32O4.C20H24O5.C19H24O5.C19H24O4.8CH4/c1-6-20(3)21-7-9-24(10-8-21)30-25-11-13-26(14-12-25)31-27-22(17-28-4)15-19(2)16-23(27)18-29-5;1-4-14(3)20(23)25-18-7-5-17(6-8-18)24-12-16-10-13(2)9-15(11-21)19(16)22;1-3-12(2)13-4-6-16(7-5-13)24-11-15-8-14(9-20)18(22)17(10-21)19(15)23;1-3-13(2)15-4-6-18(7-5-15)23-12-14-8-16(10-20)19(22)17(9-14)11-21;;;;;;;;/h7-16,20H,6,17-18H2,1-5H3;5-10,14,21-22H,4,11-12H2,1-3H3;4-8,12,20-23H,3,9-11H2,1-2H3;4-9,13,20-22H,3,10-12H2,1-2H3;8*1H4. The molecule has 0 radical (unpaired) electrons. The molecular formula is C93H136O18. The predicted octanol–water partition coefficient (Wildman–Crippen LogP) is 22.8. The Morgan fingerprint density at radius 2 is 0.631 bits per heavy atom. The van der Waals surface area contributed by atoms with E-state index in [4.69, 9.17) is 37.9 Å². The van der Waals surface area contributed by atoms with Crippen LogP contribution in [0.1, 0.15) is 242 Å². The Kier molecular flexibility index (Phi) is 51.4. The van der Waals surface area contributed by atoms with Crippen molar-refractivity contribution in [2.24, 2.45) is 5.92 Å². The van der Waals surface area contributed by atoms with Gasteiger partial charge in [0.05, 0.1) is 57.7 Å². The molecular weight excluding hydrogens is 1410 g/mol. The molecule has 0 saturated carbocycles. The van der Waals surface area contributed by atoms with Crippen molar-refractivity contribution in [3.05, 3.63) is 247 Å². The summed E-state index contributed by atoms with van der Waals surface area (Å²) in [4.78, 5) is 11.8. The molecule has 4 unspecified atom stereocenters. The Morgan fingerprint density at radius 3 is 1.00 bits per heavy atom. The van der Waals surface area contributed by atoms with Gasteiger partial charge in [-0.1, -0.05) is 181 Å². The van der Waals surface area contributed by atoms with Gasteiger partial charge in [0, 0.05) is 58.7 Å². The van der Waals surface area contributed by atoms with Gasteiger partial charge in [0.15, 0.2) is 0 Å². The summed E-state index contributed by atoms with van der Waals surface area (Å²) in [6, 6.07) is 51.1. The van der Waals surface area contributed by atoms with Gasteiger partial charge in [-0.3, -0.25) is 4.79 Å². The normalized spacial score (nSPS) is 11.1. The highest BCUT2D eigenvalue weighted by Crippen LogP contribution is 2.38. The van der Waals surface area contributed by atoms with E-state index in [1.54, 1.807) is 56.7 Å². The first-order valence-electron chi connectivity index (χ1n) is 34.9. The minimum Gasteiger partial charge on any atom is -0.507 e. The number of hydrogen-bond acceptors (Lipinski definition) is 18. The van der Waals surface area contributed by atoms with Crippen LogP contribution in [0.25, 0.3) is 0 Å². The maximum absolute atomic E-state index is 11.8. The lowest BCUT2D eigenvalue weighted by Gasteiger charge is -2.17. The second-order valence-electron chi connectivity index (χ2n) is 25.5. The Labute approximate surface area is 665 Å². The summed E-state index contributed by atoms with van der Waals surface area (Å²) in [6.45, 7) is 20.6. The van der Waals surface area contributed by atoms with Crippen LogP contribution < -0.4 is 28.4 Å². The minimum atomic E-state index is -0.526. The maximum Gasteiger partial charge on any atom is 0.314 e. The number of aliphatic hydroxyl groups excluding tert-OH is 5. The highest BCUT2D eigenvalue weighted by Gasteiger charge is 2.20. The molecule has 0 amide bonds. The van der Waals surface area contributed by atoms with E-state index in [2.05, 4.69) is 84.9 Å². The Balaban J connectivity index is -0.00000138. The van der Waals surface area contributed by atoms with Gasteiger partial charge in [-0.05, 0) is 189 Å². The van der Waals surface area contributed by atoms with Crippen molar-refractivity contribution < 1.29 is 88.6 Å². The highest BCUT2D eigenvalue weighted by atomic mass is 16.5. The quantitative estimate of drug-likeness (QED) is 0.0144. The van der Waals surface area contributed by atoms with Crippen molar-refractivity contribution >= 4 is 5.97 Å². The SMILES string of the molecule is C.C.C.C.C.C.C.C.CCC(C)C(=O)Oc1ccc(OCc2cc(C)cc(CO)c2O)cc1.CCC(C)c1ccc(OCc2cc(CO)c(O)c(CO)c2)cc1.CCC(C)c1ccc(OCc2cc(CO)c(O)c(CO)c2O)cc1.CCC(C)c1ccc(Oc2ccc(Oc3c(COC)cc(C)cc3COC)cc2)cc1. The molecule has 0 bridgehead atoms. The maximum atomic E-state index is 11.8. The van der Waals surface area contributed by atoms with Gasteiger partial charge in [0.25, 0.3) is 0 Å². The molecule has 111 heavy (non-hydrogen) atoms. The lowest BCUT2D eigenvalue weighted by molar-refractivity contribution is -0.138. The van der Waals surface area contributed by atoms with Crippen LogP contribution in [0.3, 0.4) is 0 Å². The van der Waals surface area contributed by atoms with Crippen LogP contribution in [0.4, 0.5) is 0 Å². The number of aryl methyl sites for hydroxylation is 2. The molecule has 0 spiro atoms. The van der Waals surface area contributed by atoms with E-state index in [0.29, 0.717) is 82.6 Å². The van der Waals surface area contributed by atoms with E-state index in [0.717, 1.165) is 82.2 Å². The molecule has 0 aliphatic rings. The number of benzene rings is 9. The van der Waals surface area contributed by atoms with Gasteiger partial charge in [0.1, 0.15) is 88.8 Å². The fourth-order valence-corrected chi connectivity index (χ4v) is 10.8. The number of rotatable bonds is 31. The van der Waals surface area contributed by atoms with Crippen molar-refractivity contribution in [1.29, 1.82) is 0 Å². The van der Waals surface area contributed by atoms with Crippen LogP contribution in [-0.4, -0.2) is 66.1 Å². The lowest BCUT2D eigenvalue weighted by atomic mass is 9.99. The molecule has 18 nitrogen and oxygen atoms in total. The molecule has 9 rings (SSSR count). The van der Waals surface area contributed by atoms with Crippen molar-refractivity contribution in [3.63, 3.8) is 0 Å². The number of esters is 1. The molecule has 18 heteroatoms. The number of carbonyl (C=O) groups is 1. The molecule has 0 aliphatic heterocycles.